The maximum atomic E-state index is 13.6. The summed E-state index contributed by atoms with van der Waals surface area (Å²) < 4.78 is 17.6. The van der Waals surface area contributed by atoms with E-state index >= 15 is 0 Å². The minimum atomic E-state index is -1.01. The molecule has 0 bridgehead atoms. The number of anilines is 1. The lowest BCUT2D eigenvalue weighted by molar-refractivity contribution is -0.117. The lowest BCUT2D eigenvalue weighted by atomic mass is 10.00. The molecule has 1 unspecified atom stereocenters. The van der Waals surface area contributed by atoms with Gasteiger partial charge in [0.15, 0.2) is 28.0 Å². The third kappa shape index (κ3) is 2.94. The highest BCUT2D eigenvalue weighted by molar-refractivity contribution is 7.22. The van der Waals surface area contributed by atoms with Crippen LogP contribution in [0.5, 0.6) is 5.75 Å². The van der Waals surface area contributed by atoms with Crippen molar-refractivity contribution in [3.63, 3.8) is 0 Å². The Hall–Kier alpha value is -4.37. The van der Waals surface area contributed by atoms with Crippen LogP contribution in [-0.4, -0.2) is 28.9 Å². The summed E-state index contributed by atoms with van der Waals surface area (Å²) in [7, 11) is 1.51. The van der Waals surface area contributed by atoms with Crippen molar-refractivity contribution in [2.75, 3.05) is 12.0 Å². The van der Waals surface area contributed by atoms with E-state index in [0.29, 0.717) is 33.1 Å². The summed E-state index contributed by atoms with van der Waals surface area (Å²) in [6, 6.07) is 16.6. The molecule has 3 aromatic heterocycles. The van der Waals surface area contributed by atoms with Gasteiger partial charge >= 0.3 is 0 Å². The van der Waals surface area contributed by atoms with E-state index < -0.39 is 23.5 Å². The first kappa shape index (κ1) is 20.3. The van der Waals surface area contributed by atoms with E-state index in [0.717, 1.165) is 4.70 Å². The first-order chi connectivity index (χ1) is 16.6. The topological polar surface area (TPSA) is 106 Å². The Bertz CT molecular complexity index is 1580. The summed E-state index contributed by atoms with van der Waals surface area (Å²) in [5, 5.41) is 11.9. The van der Waals surface area contributed by atoms with Crippen LogP contribution in [0.3, 0.4) is 0 Å². The Morgan fingerprint density at radius 3 is 2.76 bits per heavy atom. The highest BCUT2D eigenvalue weighted by Gasteiger charge is 2.48. The van der Waals surface area contributed by atoms with Gasteiger partial charge in [-0.05, 0) is 36.4 Å². The molecule has 1 amide bonds. The zero-order chi connectivity index (χ0) is 23.4. The molecule has 0 saturated heterocycles. The van der Waals surface area contributed by atoms with Gasteiger partial charge in [0, 0.05) is 5.39 Å². The van der Waals surface area contributed by atoms with Crippen LogP contribution in [0.15, 0.2) is 87.1 Å². The minimum absolute atomic E-state index is 0.0310. The number of aliphatic hydroxyl groups is 1. The lowest BCUT2D eigenvalue weighted by Gasteiger charge is -2.21. The fraction of sp³-hybridized carbons (Fsp3) is 0.0800. The molecule has 6 rings (SSSR count). The van der Waals surface area contributed by atoms with Gasteiger partial charge < -0.3 is 18.7 Å². The Kier molecular flexibility index (Phi) is 4.53. The van der Waals surface area contributed by atoms with Crippen LogP contribution in [0.4, 0.5) is 5.13 Å². The van der Waals surface area contributed by atoms with Crippen LogP contribution in [0.25, 0.3) is 21.2 Å². The zero-order valence-corrected chi connectivity index (χ0v) is 18.5. The molecule has 0 spiro atoms. The Labute approximate surface area is 196 Å². The molecule has 1 aliphatic rings. The van der Waals surface area contributed by atoms with E-state index in [9.17, 15) is 14.7 Å². The number of benzene rings is 2. The second kappa shape index (κ2) is 7.60. The number of nitrogens with zero attached hydrogens (tertiary/aromatic N) is 2. The minimum Gasteiger partial charge on any atom is -0.503 e. The molecule has 0 fully saturated rings. The first-order valence-corrected chi connectivity index (χ1v) is 11.2. The second-order valence-corrected chi connectivity index (χ2v) is 8.65. The van der Waals surface area contributed by atoms with Gasteiger partial charge in [0.25, 0.3) is 5.91 Å². The number of methoxy groups -OCH3 is 1. The molecule has 0 saturated carbocycles. The number of amides is 1. The van der Waals surface area contributed by atoms with Crippen molar-refractivity contribution in [2.45, 2.75) is 6.04 Å². The summed E-state index contributed by atoms with van der Waals surface area (Å²) in [4.78, 5) is 32.7. The monoisotopic (exact) mass is 472 g/mol. The Morgan fingerprint density at radius 2 is 2.00 bits per heavy atom. The van der Waals surface area contributed by atoms with Crippen molar-refractivity contribution in [3.8, 4) is 5.75 Å². The van der Waals surface area contributed by atoms with Crippen molar-refractivity contribution in [2.24, 2.45) is 0 Å². The number of aromatic nitrogens is 1. The highest BCUT2D eigenvalue weighted by Crippen LogP contribution is 2.44. The van der Waals surface area contributed by atoms with Crippen molar-refractivity contribution in [1.82, 2.24) is 4.98 Å². The molecule has 1 atom stereocenters. The van der Waals surface area contributed by atoms with E-state index in [1.165, 1.54) is 29.6 Å². The number of aliphatic hydroxyl groups excluding tert-OH is 1. The number of ether oxygens (including phenoxy) is 1. The molecule has 1 N–H and O–H groups in total. The Balaban J connectivity index is 1.49. The average Bonchev–Trinajstić information content (AvgIpc) is 3.63. The second-order valence-electron chi connectivity index (χ2n) is 7.64. The van der Waals surface area contributed by atoms with Gasteiger partial charge in [-0.2, -0.15) is 0 Å². The highest BCUT2D eigenvalue weighted by atomic mass is 32.1. The molecule has 0 radical (unpaired) electrons. The van der Waals surface area contributed by atoms with E-state index in [2.05, 4.69) is 4.98 Å². The average molecular weight is 472 g/mol. The predicted molar refractivity (Wildman–Crippen MR) is 125 cm³/mol. The predicted octanol–water partition coefficient (Wildman–Crippen LogP) is 5.43. The standard InChI is InChI=1S/C25H16N2O6S/c1-31-16-8-4-6-13-12-17(33-23(13)16)21(28)19-20(15-9-5-11-32-15)27(24(30)22(19)29)25-26-14-7-2-3-10-18(14)34-25/h2-12,20,29H,1H3. The van der Waals surface area contributed by atoms with Crippen LogP contribution in [0.2, 0.25) is 0 Å². The molecule has 5 aromatic rings. The maximum Gasteiger partial charge on any atom is 0.296 e. The van der Waals surface area contributed by atoms with Crippen LogP contribution < -0.4 is 9.64 Å². The van der Waals surface area contributed by atoms with Crippen LogP contribution in [-0.2, 0) is 4.79 Å². The quantitative estimate of drug-likeness (QED) is 0.340. The molecule has 34 heavy (non-hydrogen) atoms. The summed E-state index contributed by atoms with van der Waals surface area (Å²) in [5.41, 5.74) is 0.963. The molecule has 1 aliphatic heterocycles. The lowest BCUT2D eigenvalue weighted by Crippen LogP contribution is -2.30. The van der Waals surface area contributed by atoms with Crippen molar-refractivity contribution < 1.29 is 28.3 Å². The van der Waals surface area contributed by atoms with Gasteiger partial charge in [-0.3, -0.25) is 14.5 Å². The first-order valence-electron chi connectivity index (χ1n) is 10.3. The summed E-state index contributed by atoms with van der Waals surface area (Å²) >= 11 is 1.28. The Morgan fingerprint density at radius 1 is 1.15 bits per heavy atom. The number of hydrogen-bond donors (Lipinski definition) is 1. The van der Waals surface area contributed by atoms with Crippen molar-refractivity contribution in [3.05, 3.63) is 89.8 Å². The van der Waals surface area contributed by atoms with Crippen LogP contribution in [0, 0.1) is 0 Å². The largest absolute Gasteiger partial charge is 0.503 e. The third-order valence-corrected chi connectivity index (χ3v) is 6.74. The number of thiazole rings is 1. The van der Waals surface area contributed by atoms with E-state index in [-0.39, 0.29) is 11.3 Å². The van der Waals surface area contributed by atoms with Gasteiger partial charge in [0.05, 0.1) is 29.2 Å². The number of furan rings is 2. The number of para-hydroxylation sites is 2. The van der Waals surface area contributed by atoms with Gasteiger partial charge in [-0.15, -0.1) is 0 Å². The van der Waals surface area contributed by atoms with Gasteiger partial charge in [0.2, 0.25) is 5.78 Å². The van der Waals surface area contributed by atoms with E-state index in [1.807, 2.05) is 24.3 Å². The van der Waals surface area contributed by atoms with Gasteiger partial charge in [0.1, 0.15) is 11.8 Å². The normalized spacial score (nSPS) is 16.2. The number of hydrogen-bond acceptors (Lipinski definition) is 8. The van der Waals surface area contributed by atoms with Crippen LogP contribution >= 0.6 is 11.3 Å². The molecule has 0 aliphatic carbocycles. The van der Waals surface area contributed by atoms with E-state index in [1.54, 1.807) is 36.4 Å². The fourth-order valence-corrected chi connectivity index (χ4v) is 5.15. The number of Topliss-reactive ketones (excluding diaryl/α,β-unsaturated/α-hetero) is 1. The molecule has 168 valence electrons. The van der Waals surface area contributed by atoms with E-state index in [4.69, 9.17) is 13.6 Å². The molecule has 9 heteroatoms. The number of carbonyl (C=O) groups excluding carboxylic acids is 2. The van der Waals surface area contributed by atoms with Gasteiger partial charge in [-0.25, -0.2) is 4.98 Å². The van der Waals surface area contributed by atoms with Gasteiger partial charge in [-0.1, -0.05) is 35.6 Å². The molecule has 2 aromatic carbocycles. The third-order valence-electron chi connectivity index (χ3n) is 5.71. The summed E-state index contributed by atoms with van der Waals surface area (Å²) in [5.74, 6) is -1.29. The van der Waals surface area contributed by atoms with Crippen molar-refractivity contribution >= 4 is 49.3 Å². The number of ketones is 1. The molecule has 8 nitrogen and oxygen atoms in total. The fourth-order valence-electron chi connectivity index (χ4n) is 4.16. The molecular weight excluding hydrogens is 456 g/mol. The number of fused-ring (bicyclic) bond motifs is 2. The smallest absolute Gasteiger partial charge is 0.296 e. The maximum absolute atomic E-state index is 13.6. The van der Waals surface area contributed by atoms with Crippen molar-refractivity contribution in [1.29, 1.82) is 0 Å². The summed E-state index contributed by atoms with van der Waals surface area (Å²) in [6.45, 7) is 0. The molecular formula is C25H16N2O6S. The number of rotatable bonds is 5. The summed E-state index contributed by atoms with van der Waals surface area (Å²) in [6.07, 6.45) is 1.44. The SMILES string of the molecule is COc1cccc2cc(C(=O)C3=C(O)C(=O)N(c4nc5ccccc5s4)C3c3ccco3)oc12. The zero-order valence-electron chi connectivity index (χ0n) is 17.7. The molecule has 4 heterocycles. The van der Waals surface area contributed by atoms with Crippen LogP contribution in [0.1, 0.15) is 22.4 Å². The number of carbonyl (C=O) groups is 2.